The van der Waals surface area contributed by atoms with Gasteiger partial charge in [-0.15, -0.1) is 10.2 Å². The molecule has 0 aliphatic carbocycles. The van der Waals surface area contributed by atoms with Crippen molar-refractivity contribution in [1.29, 1.82) is 0 Å². The molecule has 0 aliphatic heterocycles. The molecule has 1 N–H and O–H groups in total. The van der Waals surface area contributed by atoms with Gasteiger partial charge in [-0.3, -0.25) is 0 Å². The Morgan fingerprint density at radius 2 is 2.28 bits per heavy atom. The summed E-state index contributed by atoms with van der Waals surface area (Å²) >= 11 is 1.37. The zero-order valence-corrected chi connectivity index (χ0v) is 10.3. The summed E-state index contributed by atoms with van der Waals surface area (Å²) in [6.45, 7) is 0. The molecule has 94 valence electrons. The lowest BCUT2D eigenvalue weighted by Gasteiger charge is -2.03. The number of rotatable bonds is 4. The maximum atomic E-state index is 13.2. The van der Waals surface area contributed by atoms with E-state index in [1.165, 1.54) is 23.9 Å². The van der Waals surface area contributed by atoms with Gasteiger partial charge in [0.1, 0.15) is 12.1 Å². The van der Waals surface area contributed by atoms with Crippen molar-refractivity contribution in [2.75, 3.05) is 0 Å². The molecular formula is C11H10FN3O2S. The molecule has 0 spiro atoms. The zero-order valence-electron chi connectivity index (χ0n) is 9.50. The fraction of sp³-hybridized carbons (Fsp3) is 0.182. The smallest absolute Gasteiger partial charge is 0.335 e. The third-order valence-electron chi connectivity index (χ3n) is 2.24. The molecule has 0 atom stereocenters. The molecule has 2 aromatic rings. The van der Waals surface area contributed by atoms with Crippen LogP contribution in [0.1, 0.15) is 15.9 Å². The molecule has 0 unspecified atom stereocenters. The molecule has 1 aromatic carbocycles. The van der Waals surface area contributed by atoms with Crippen LogP contribution in [0.25, 0.3) is 0 Å². The van der Waals surface area contributed by atoms with Crippen LogP contribution < -0.4 is 0 Å². The third kappa shape index (κ3) is 2.86. The molecular weight excluding hydrogens is 257 g/mol. The molecule has 1 heterocycles. The van der Waals surface area contributed by atoms with Crippen molar-refractivity contribution in [3.05, 3.63) is 41.5 Å². The van der Waals surface area contributed by atoms with Crippen LogP contribution >= 0.6 is 11.8 Å². The number of carboxylic acid groups (broad SMARTS) is 1. The Bertz CT molecular complexity index is 585. The summed E-state index contributed by atoms with van der Waals surface area (Å²) in [5, 5.41) is 17.1. The molecule has 1 aromatic heterocycles. The fourth-order valence-corrected chi connectivity index (χ4v) is 2.23. The van der Waals surface area contributed by atoms with Gasteiger partial charge in [0.15, 0.2) is 5.16 Å². The van der Waals surface area contributed by atoms with Gasteiger partial charge in [-0.2, -0.15) is 0 Å². The molecule has 2 rings (SSSR count). The van der Waals surface area contributed by atoms with Crippen LogP contribution in [0.15, 0.2) is 29.7 Å². The van der Waals surface area contributed by atoms with E-state index < -0.39 is 11.8 Å². The maximum absolute atomic E-state index is 13.2. The molecule has 0 fully saturated rings. The van der Waals surface area contributed by atoms with E-state index in [0.717, 1.165) is 6.07 Å². The van der Waals surface area contributed by atoms with Gasteiger partial charge in [0.2, 0.25) is 0 Å². The number of aryl methyl sites for hydroxylation is 1. The number of nitrogens with zero attached hydrogens (tertiary/aromatic N) is 3. The lowest BCUT2D eigenvalue weighted by molar-refractivity contribution is 0.0696. The van der Waals surface area contributed by atoms with Crippen LogP contribution in [0, 0.1) is 5.82 Å². The molecule has 7 heteroatoms. The van der Waals surface area contributed by atoms with Gasteiger partial charge in [-0.25, -0.2) is 9.18 Å². The Morgan fingerprint density at radius 1 is 1.50 bits per heavy atom. The molecule has 0 amide bonds. The minimum Gasteiger partial charge on any atom is -0.478 e. The summed E-state index contributed by atoms with van der Waals surface area (Å²) in [5.41, 5.74) is 0.545. The monoisotopic (exact) mass is 267 g/mol. The van der Waals surface area contributed by atoms with E-state index in [-0.39, 0.29) is 5.56 Å². The van der Waals surface area contributed by atoms with Crippen LogP contribution in [-0.4, -0.2) is 25.8 Å². The van der Waals surface area contributed by atoms with Crippen molar-refractivity contribution >= 4 is 17.7 Å². The predicted octanol–water partition coefficient (Wildman–Crippen LogP) is 1.94. The maximum Gasteiger partial charge on any atom is 0.335 e. The Labute approximate surface area is 107 Å². The van der Waals surface area contributed by atoms with E-state index in [1.807, 2.05) is 0 Å². The lowest BCUT2D eigenvalue weighted by atomic mass is 10.1. The van der Waals surface area contributed by atoms with Crippen LogP contribution in [-0.2, 0) is 12.8 Å². The largest absolute Gasteiger partial charge is 0.478 e. The molecule has 5 nitrogen and oxygen atoms in total. The van der Waals surface area contributed by atoms with E-state index in [1.54, 1.807) is 17.9 Å². The van der Waals surface area contributed by atoms with Crippen molar-refractivity contribution < 1.29 is 14.3 Å². The van der Waals surface area contributed by atoms with Crippen LogP contribution in [0.3, 0.4) is 0 Å². The first kappa shape index (κ1) is 12.6. The standard InChI is InChI=1S/C11H10FN3O2S/c1-15-6-13-14-11(15)18-5-7-2-8(10(16)17)4-9(12)3-7/h2-4,6H,5H2,1H3,(H,16,17). The second kappa shape index (κ2) is 5.18. The molecule has 0 saturated heterocycles. The average Bonchev–Trinajstić information content (AvgIpc) is 2.71. The van der Waals surface area contributed by atoms with Gasteiger partial charge in [-0.1, -0.05) is 11.8 Å². The SMILES string of the molecule is Cn1cnnc1SCc1cc(F)cc(C(=O)O)c1. The summed E-state index contributed by atoms with van der Waals surface area (Å²) in [7, 11) is 1.80. The number of thioether (sulfide) groups is 1. The van der Waals surface area contributed by atoms with E-state index in [2.05, 4.69) is 10.2 Å². The summed E-state index contributed by atoms with van der Waals surface area (Å²) in [5.74, 6) is -1.26. The quantitative estimate of drug-likeness (QED) is 0.857. The van der Waals surface area contributed by atoms with Crippen molar-refractivity contribution in [3.8, 4) is 0 Å². The Balaban J connectivity index is 2.14. The normalized spacial score (nSPS) is 10.6. The first-order valence-electron chi connectivity index (χ1n) is 5.06. The lowest BCUT2D eigenvalue weighted by Crippen LogP contribution is -1.99. The van der Waals surface area contributed by atoms with Gasteiger partial charge in [-0.05, 0) is 23.8 Å². The van der Waals surface area contributed by atoms with Gasteiger partial charge in [0, 0.05) is 12.8 Å². The highest BCUT2D eigenvalue weighted by atomic mass is 32.2. The number of carboxylic acids is 1. The average molecular weight is 267 g/mol. The molecule has 0 saturated carbocycles. The van der Waals surface area contributed by atoms with Gasteiger partial charge in [0.25, 0.3) is 0 Å². The van der Waals surface area contributed by atoms with E-state index in [0.29, 0.717) is 16.5 Å². The number of hydrogen-bond acceptors (Lipinski definition) is 4. The highest BCUT2D eigenvalue weighted by molar-refractivity contribution is 7.98. The molecule has 0 bridgehead atoms. The molecule has 0 aliphatic rings. The van der Waals surface area contributed by atoms with E-state index in [9.17, 15) is 9.18 Å². The Morgan fingerprint density at radius 3 is 2.89 bits per heavy atom. The van der Waals surface area contributed by atoms with Crippen molar-refractivity contribution in [3.63, 3.8) is 0 Å². The zero-order chi connectivity index (χ0) is 13.1. The second-order valence-corrected chi connectivity index (χ2v) is 4.61. The van der Waals surface area contributed by atoms with Crippen LogP contribution in [0.4, 0.5) is 4.39 Å². The minimum absolute atomic E-state index is 0.0523. The summed E-state index contributed by atoms with van der Waals surface area (Å²) in [4.78, 5) is 10.8. The number of aromatic carboxylic acids is 1. The van der Waals surface area contributed by atoms with Crippen molar-refractivity contribution in [1.82, 2.24) is 14.8 Å². The van der Waals surface area contributed by atoms with Gasteiger partial charge < -0.3 is 9.67 Å². The number of halogens is 1. The topological polar surface area (TPSA) is 68.0 Å². The Kier molecular flexibility index (Phi) is 3.61. The molecule has 18 heavy (non-hydrogen) atoms. The summed E-state index contributed by atoms with van der Waals surface area (Å²) in [6, 6.07) is 3.77. The first-order valence-corrected chi connectivity index (χ1v) is 6.04. The van der Waals surface area contributed by atoms with Crippen molar-refractivity contribution in [2.45, 2.75) is 10.9 Å². The summed E-state index contributed by atoms with van der Waals surface area (Å²) < 4.78 is 15.0. The highest BCUT2D eigenvalue weighted by Gasteiger charge is 2.08. The first-order chi connectivity index (χ1) is 8.56. The van der Waals surface area contributed by atoms with Gasteiger partial charge in [0.05, 0.1) is 5.56 Å². The van der Waals surface area contributed by atoms with E-state index in [4.69, 9.17) is 5.11 Å². The van der Waals surface area contributed by atoms with Crippen molar-refractivity contribution in [2.24, 2.45) is 7.05 Å². The third-order valence-corrected chi connectivity index (χ3v) is 3.35. The van der Waals surface area contributed by atoms with Gasteiger partial charge >= 0.3 is 5.97 Å². The van der Waals surface area contributed by atoms with Crippen LogP contribution in [0.2, 0.25) is 0 Å². The minimum atomic E-state index is -1.14. The predicted molar refractivity (Wildman–Crippen MR) is 63.9 cm³/mol. The highest BCUT2D eigenvalue weighted by Crippen LogP contribution is 2.21. The number of hydrogen-bond donors (Lipinski definition) is 1. The summed E-state index contributed by atoms with van der Waals surface area (Å²) in [6.07, 6.45) is 1.57. The van der Waals surface area contributed by atoms with Crippen LogP contribution in [0.5, 0.6) is 0 Å². The Hall–Kier alpha value is -1.89. The number of carbonyl (C=O) groups is 1. The van der Waals surface area contributed by atoms with E-state index >= 15 is 0 Å². The second-order valence-electron chi connectivity index (χ2n) is 3.67. The number of aromatic nitrogens is 3. The fourth-order valence-electron chi connectivity index (χ4n) is 1.41. The molecule has 0 radical (unpaired) electrons. The number of benzene rings is 1.